The molecule has 0 saturated carbocycles. The average molecular weight is 321 g/mol. The molecule has 0 spiro atoms. The second kappa shape index (κ2) is 6.60. The van der Waals surface area contributed by atoms with E-state index in [0.717, 1.165) is 0 Å². The van der Waals surface area contributed by atoms with Gasteiger partial charge in [-0.05, 0) is 54.0 Å². The van der Waals surface area contributed by atoms with Crippen molar-refractivity contribution in [1.29, 1.82) is 0 Å². The van der Waals surface area contributed by atoms with E-state index < -0.39 is 28.8 Å². The first-order chi connectivity index (χ1) is 10.3. The van der Waals surface area contributed by atoms with E-state index in [9.17, 15) is 9.59 Å². The molecule has 1 aromatic rings. The van der Waals surface area contributed by atoms with Crippen molar-refractivity contribution in [3.63, 3.8) is 0 Å². The SMILES string of the molecule is CC(C)(C)OC(=O)N[C@@](C)(C(=O)OC(C)(C)C)c1ccccc1. The summed E-state index contributed by atoms with van der Waals surface area (Å²) in [7, 11) is 0. The number of rotatable bonds is 3. The van der Waals surface area contributed by atoms with Crippen LogP contribution in [0.15, 0.2) is 30.3 Å². The Labute approximate surface area is 138 Å². The van der Waals surface area contributed by atoms with Crippen LogP contribution in [0.2, 0.25) is 0 Å². The van der Waals surface area contributed by atoms with Gasteiger partial charge in [0.1, 0.15) is 11.2 Å². The van der Waals surface area contributed by atoms with Crippen LogP contribution in [-0.4, -0.2) is 23.3 Å². The summed E-state index contributed by atoms with van der Waals surface area (Å²) < 4.78 is 10.8. The van der Waals surface area contributed by atoms with E-state index in [-0.39, 0.29) is 0 Å². The van der Waals surface area contributed by atoms with Gasteiger partial charge in [0.2, 0.25) is 0 Å². The fourth-order valence-electron chi connectivity index (χ4n) is 1.90. The third-order valence-corrected chi connectivity index (χ3v) is 2.91. The Balaban J connectivity index is 3.12. The van der Waals surface area contributed by atoms with Crippen LogP contribution in [0.1, 0.15) is 54.0 Å². The topological polar surface area (TPSA) is 64.6 Å². The zero-order chi connectivity index (χ0) is 17.9. The molecule has 1 rings (SSSR count). The minimum atomic E-state index is -1.34. The molecule has 0 aliphatic carbocycles. The monoisotopic (exact) mass is 321 g/mol. The Kier molecular flexibility index (Phi) is 5.46. The largest absolute Gasteiger partial charge is 0.458 e. The molecule has 0 radical (unpaired) electrons. The third-order valence-electron chi connectivity index (χ3n) is 2.91. The van der Waals surface area contributed by atoms with Crippen molar-refractivity contribution in [2.75, 3.05) is 0 Å². The standard InChI is InChI=1S/C18H27NO4/c1-16(2,3)22-14(20)18(7,13-11-9-8-10-12-13)19-15(21)23-17(4,5)6/h8-12H,1-7H3,(H,19,21)/t18-/m1/s1. The van der Waals surface area contributed by atoms with Gasteiger partial charge in [-0.15, -0.1) is 0 Å². The Morgan fingerprint density at radius 1 is 0.826 bits per heavy atom. The van der Waals surface area contributed by atoms with Crippen molar-refractivity contribution >= 4 is 12.1 Å². The van der Waals surface area contributed by atoms with Crippen LogP contribution in [0.25, 0.3) is 0 Å². The molecule has 0 unspecified atom stereocenters. The molecule has 0 aliphatic heterocycles. The van der Waals surface area contributed by atoms with E-state index in [1.807, 2.05) is 6.07 Å². The van der Waals surface area contributed by atoms with Gasteiger partial charge < -0.3 is 14.8 Å². The predicted molar refractivity (Wildman–Crippen MR) is 89.0 cm³/mol. The fourth-order valence-corrected chi connectivity index (χ4v) is 1.90. The number of esters is 1. The summed E-state index contributed by atoms with van der Waals surface area (Å²) >= 11 is 0. The van der Waals surface area contributed by atoms with Crippen LogP contribution in [0.5, 0.6) is 0 Å². The molecule has 0 saturated heterocycles. The lowest BCUT2D eigenvalue weighted by Gasteiger charge is -2.33. The summed E-state index contributed by atoms with van der Waals surface area (Å²) in [4.78, 5) is 24.9. The van der Waals surface area contributed by atoms with E-state index in [0.29, 0.717) is 5.56 Å². The zero-order valence-corrected chi connectivity index (χ0v) is 15.0. The molecule has 1 amide bonds. The first-order valence-electron chi connectivity index (χ1n) is 7.64. The quantitative estimate of drug-likeness (QED) is 0.861. The van der Waals surface area contributed by atoms with Crippen LogP contribution in [0.4, 0.5) is 4.79 Å². The van der Waals surface area contributed by atoms with Gasteiger partial charge >= 0.3 is 12.1 Å². The minimum absolute atomic E-state index is 0.540. The molecular formula is C18H27NO4. The number of hydrogen-bond acceptors (Lipinski definition) is 4. The van der Waals surface area contributed by atoms with Crippen LogP contribution in [0.3, 0.4) is 0 Å². The lowest BCUT2D eigenvalue weighted by atomic mass is 9.92. The smallest absolute Gasteiger partial charge is 0.408 e. The Morgan fingerprint density at radius 3 is 1.74 bits per heavy atom. The van der Waals surface area contributed by atoms with Crippen LogP contribution in [-0.2, 0) is 19.8 Å². The molecule has 1 atom stereocenters. The van der Waals surface area contributed by atoms with Crippen LogP contribution in [0, 0.1) is 0 Å². The van der Waals surface area contributed by atoms with Gasteiger partial charge in [0.05, 0.1) is 0 Å². The van der Waals surface area contributed by atoms with Crippen LogP contribution < -0.4 is 5.32 Å². The maximum Gasteiger partial charge on any atom is 0.408 e. The highest BCUT2D eigenvalue weighted by molar-refractivity contribution is 5.87. The molecule has 5 heteroatoms. The van der Waals surface area contributed by atoms with Gasteiger partial charge in [-0.1, -0.05) is 30.3 Å². The number of nitrogens with one attached hydrogen (secondary N) is 1. The number of carbonyl (C=O) groups excluding carboxylic acids is 2. The molecule has 1 N–H and O–H groups in total. The summed E-state index contributed by atoms with van der Waals surface area (Å²) in [5.41, 5.74) is -2.03. The first-order valence-corrected chi connectivity index (χ1v) is 7.64. The minimum Gasteiger partial charge on any atom is -0.458 e. The van der Waals surface area contributed by atoms with Gasteiger partial charge in [-0.3, -0.25) is 0 Å². The van der Waals surface area contributed by atoms with Gasteiger partial charge in [-0.25, -0.2) is 9.59 Å². The molecule has 1 aromatic carbocycles. The summed E-state index contributed by atoms with van der Waals surface area (Å²) in [6.07, 6.45) is -0.672. The van der Waals surface area contributed by atoms with Crippen molar-refractivity contribution in [2.45, 2.75) is 65.2 Å². The van der Waals surface area contributed by atoms with Crippen molar-refractivity contribution in [1.82, 2.24) is 5.32 Å². The molecule has 0 heterocycles. The molecule has 0 aromatic heterocycles. The van der Waals surface area contributed by atoms with Gasteiger partial charge in [-0.2, -0.15) is 0 Å². The fraction of sp³-hybridized carbons (Fsp3) is 0.556. The normalized spacial score (nSPS) is 14.6. The summed E-state index contributed by atoms with van der Waals surface area (Å²) in [6, 6.07) is 8.97. The number of hydrogen-bond donors (Lipinski definition) is 1. The molecular weight excluding hydrogens is 294 g/mol. The summed E-state index contributed by atoms with van der Waals surface area (Å²) in [6.45, 7) is 12.2. The molecule has 0 fully saturated rings. The lowest BCUT2D eigenvalue weighted by Crippen LogP contribution is -2.53. The Hall–Kier alpha value is -2.04. The highest BCUT2D eigenvalue weighted by atomic mass is 16.6. The highest BCUT2D eigenvalue weighted by Crippen LogP contribution is 2.25. The van der Waals surface area contributed by atoms with Crippen molar-refractivity contribution in [2.24, 2.45) is 0 Å². The molecule has 0 bridgehead atoms. The van der Waals surface area contributed by atoms with E-state index >= 15 is 0 Å². The third kappa shape index (κ3) is 5.93. The van der Waals surface area contributed by atoms with Gasteiger partial charge in [0.15, 0.2) is 5.54 Å². The molecule has 128 valence electrons. The average Bonchev–Trinajstić information content (AvgIpc) is 2.35. The van der Waals surface area contributed by atoms with E-state index in [2.05, 4.69) is 5.32 Å². The summed E-state index contributed by atoms with van der Waals surface area (Å²) in [5, 5.41) is 2.65. The second-order valence-corrected chi connectivity index (χ2v) is 7.62. The number of ether oxygens (including phenoxy) is 2. The number of benzene rings is 1. The van der Waals surface area contributed by atoms with Gasteiger partial charge in [0, 0.05) is 0 Å². The van der Waals surface area contributed by atoms with Crippen molar-refractivity contribution in [3.05, 3.63) is 35.9 Å². The lowest BCUT2D eigenvalue weighted by molar-refractivity contribution is -0.163. The second-order valence-electron chi connectivity index (χ2n) is 7.62. The van der Waals surface area contributed by atoms with Crippen molar-refractivity contribution in [3.8, 4) is 0 Å². The number of carbonyl (C=O) groups is 2. The van der Waals surface area contributed by atoms with E-state index in [4.69, 9.17) is 9.47 Å². The van der Waals surface area contributed by atoms with E-state index in [1.54, 1.807) is 72.7 Å². The maximum absolute atomic E-state index is 12.7. The van der Waals surface area contributed by atoms with Crippen molar-refractivity contribution < 1.29 is 19.1 Å². The van der Waals surface area contributed by atoms with Crippen LogP contribution >= 0.6 is 0 Å². The van der Waals surface area contributed by atoms with E-state index in [1.165, 1.54) is 0 Å². The summed E-state index contributed by atoms with van der Waals surface area (Å²) in [5.74, 6) is -0.540. The molecule has 5 nitrogen and oxygen atoms in total. The number of alkyl carbamates (subject to hydrolysis) is 1. The highest BCUT2D eigenvalue weighted by Gasteiger charge is 2.41. The molecule has 23 heavy (non-hydrogen) atoms. The first kappa shape index (κ1) is 19.0. The van der Waals surface area contributed by atoms with Gasteiger partial charge in [0.25, 0.3) is 0 Å². The Morgan fingerprint density at radius 2 is 1.30 bits per heavy atom. The zero-order valence-electron chi connectivity index (χ0n) is 15.0. The molecule has 0 aliphatic rings. The predicted octanol–water partition coefficient (Wildman–Crippen LogP) is 3.77. The maximum atomic E-state index is 12.7. The number of amides is 1. The Bertz CT molecular complexity index is 555.